The van der Waals surface area contributed by atoms with Gasteiger partial charge >= 0.3 is 7.32 Å². The van der Waals surface area contributed by atoms with E-state index in [2.05, 4.69) is 27.7 Å². The van der Waals surface area contributed by atoms with E-state index in [0.717, 1.165) is 12.8 Å². The summed E-state index contributed by atoms with van der Waals surface area (Å²) in [6.07, 6.45) is 4.64. The van der Waals surface area contributed by atoms with Crippen LogP contribution in [0.4, 0.5) is 0 Å². The molecule has 0 bridgehead atoms. The van der Waals surface area contributed by atoms with Gasteiger partial charge in [0.1, 0.15) is 0 Å². The molecule has 0 aromatic carbocycles. The summed E-state index contributed by atoms with van der Waals surface area (Å²) in [6.45, 7) is 8.69. The smallest absolute Gasteiger partial charge is 0.402 e. The average Bonchev–Trinajstić information content (AvgIpc) is 2.16. The van der Waals surface area contributed by atoms with Crippen LogP contribution in [0.15, 0.2) is 0 Å². The van der Waals surface area contributed by atoms with E-state index in [1.54, 1.807) is 0 Å². The molecule has 0 amide bonds. The molecule has 1 N–H and O–H groups in total. The van der Waals surface area contributed by atoms with Gasteiger partial charge in [0.05, 0.1) is 0 Å². The molecule has 0 radical (unpaired) electrons. The van der Waals surface area contributed by atoms with E-state index in [0.29, 0.717) is 11.8 Å². The lowest BCUT2D eigenvalue weighted by atomic mass is 9.90. The minimum absolute atomic E-state index is 0.127. The molecule has 1 saturated heterocycles. The van der Waals surface area contributed by atoms with Crippen molar-refractivity contribution >= 4 is 7.32 Å². The van der Waals surface area contributed by atoms with E-state index in [1.807, 2.05) is 0 Å². The van der Waals surface area contributed by atoms with Crippen molar-refractivity contribution in [3.05, 3.63) is 0 Å². The zero-order valence-electron chi connectivity index (χ0n) is 11.0. The first-order valence-corrected chi connectivity index (χ1v) is 6.51. The maximum atomic E-state index is 9.50. The van der Waals surface area contributed by atoms with E-state index in [-0.39, 0.29) is 12.2 Å². The number of rotatable bonds is 5. The molecule has 16 heavy (non-hydrogen) atoms. The molecule has 3 unspecified atom stereocenters. The van der Waals surface area contributed by atoms with E-state index in [4.69, 9.17) is 9.31 Å². The zero-order valence-corrected chi connectivity index (χ0v) is 11.0. The molecule has 3 nitrogen and oxygen atoms in total. The van der Waals surface area contributed by atoms with Gasteiger partial charge < -0.3 is 14.3 Å². The van der Waals surface area contributed by atoms with E-state index >= 15 is 0 Å². The standard InChI is InChI=1S/C12H25BO3/c1-5-6-10(4)7-11-8-12(9(2)3)16-13(14)15-11/h9-12,14H,5-8H2,1-4H3. The van der Waals surface area contributed by atoms with Gasteiger partial charge in [0.15, 0.2) is 0 Å². The Morgan fingerprint density at radius 2 is 2.00 bits per heavy atom. The summed E-state index contributed by atoms with van der Waals surface area (Å²) < 4.78 is 10.8. The Bertz CT molecular complexity index is 199. The molecule has 0 saturated carbocycles. The predicted molar refractivity (Wildman–Crippen MR) is 65.9 cm³/mol. The van der Waals surface area contributed by atoms with Crippen LogP contribution < -0.4 is 0 Å². The van der Waals surface area contributed by atoms with Crippen LogP contribution in [0.25, 0.3) is 0 Å². The van der Waals surface area contributed by atoms with Crippen molar-refractivity contribution in [3.8, 4) is 0 Å². The fourth-order valence-corrected chi connectivity index (χ4v) is 2.36. The second kappa shape index (κ2) is 6.62. The van der Waals surface area contributed by atoms with Gasteiger partial charge in [-0.2, -0.15) is 0 Å². The first-order valence-electron chi connectivity index (χ1n) is 6.51. The van der Waals surface area contributed by atoms with Crippen molar-refractivity contribution in [1.82, 2.24) is 0 Å². The highest BCUT2D eigenvalue weighted by molar-refractivity contribution is 6.34. The molecule has 0 aliphatic carbocycles. The summed E-state index contributed by atoms with van der Waals surface area (Å²) in [5.41, 5.74) is 0. The molecule has 1 rings (SSSR count). The molecular weight excluding hydrogens is 203 g/mol. The summed E-state index contributed by atoms with van der Waals surface area (Å²) in [6, 6.07) is 0. The number of hydrogen-bond acceptors (Lipinski definition) is 3. The van der Waals surface area contributed by atoms with Crippen LogP contribution in [0.3, 0.4) is 0 Å². The van der Waals surface area contributed by atoms with E-state index < -0.39 is 7.32 Å². The van der Waals surface area contributed by atoms with Crippen LogP contribution in [0.1, 0.15) is 53.4 Å². The zero-order chi connectivity index (χ0) is 12.1. The third kappa shape index (κ3) is 4.44. The van der Waals surface area contributed by atoms with Crippen molar-refractivity contribution in [2.75, 3.05) is 0 Å². The fraction of sp³-hybridized carbons (Fsp3) is 1.00. The van der Waals surface area contributed by atoms with Crippen molar-refractivity contribution in [2.45, 2.75) is 65.6 Å². The summed E-state index contributed by atoms with van der Waals surface area (Å²) in [5, 5.41) is 9.50. The van der Waals surface area contributed by atoms with Crippen LogP contribution in [0.2, 0.25) is 0 Å². The Balaban J connectivity index is 2.41. The van der Waals surface area contributed by atoms with Crippen LogP contribution in [0.5, 0.6) is 0 Å². The van der Waals surface area contributed by atoms with Crippen molar-refractivity contribution in [3.63, 3.8) is 0 Å². The topological polar surface area (TPSA) is 38.7 Å². The van der Waals surface area contributed by atoms with Gasteiger partial charge in [-0.15, -0.1) is 0 Å². The van der Waals surface area contributed by atoms with Crippen LogP contribution in [0, 0.1) is 11.8 Å². The molecule has 1 heterocycles. The van der Waals surface area contributed by atoms with Crippen LogP contribution in [-0.4, -0.2) is 24.6 Å². The Kier molecular flexibility index (Phi) is 5.80. The molecule has 1 aliphatic heterocycles. The van der Waals surface area contributed by atoms with Crippen LogP contribution in [-0.2, 0) is 9.31 Å². The SMILES string of the molecule is CCCC(C)CC1CC(C(C)C)OB(O)O1. The van der Waals surface area contributed by atoms with E-state index in [9.17, 15) is 5.02 Å². The molecule has 0 aromatic heterocycles. The lowest BCUT2D eigenvalue weighted by Gasteiger charge is -2.34. The van der Waals surface area contributed by atoms with Gasteiger partial charge in [-0.05, 0) is 24.7 Å². The van der Waals surface area contributed by atoms with Gasteiger partial charge in [-0.25, -0.2) is 0 Å². The van der Waals surface area contributed by atoms with Gasteiger partial charge in [0.25, 0.3) is 0 Å². The van der Waals surface area contributed by atoms with Crippen molar-refractivity contribution in [1.29, 1.82) is 0 Å². The fourth-order valence-electron chi connectivity index (χ4n) is 2.36. The van der Waals surface area contributed by atoms with Gasteiger partial charge in [0, 0.05) is 12.2 Å². The van der Waals surface area contributed by atoms with Gasteiger partial charge in [-0.3, -0.25) is 0 Å². The van der Waals surface area contributed by atoms with Crippen molar-refractivity contribution < 1.29 is 14.3 Å². The summed E-state index contributed by atoms with van der Waals surface area (Å²) in [5.74, 6) is 1.09. The summed E-state index contributed by atoms with van der Waals surface area (Å²) in [7, 11) is -1.03. The normalized spacial score (nSPS) is 28.5. The number of hydrogen-bond donors (Lipinski definition) is 1. The maximum Gasteiger partial charge on any atom is 0.637 e. The molecule has 0 aromatic rings. The van der Waals surface area contributed by atoms with Crippen LogP contribution >= 0.6 is 0 Å². The summed E-state index contributed by atoms with van der Waals surface area (Å²) >= 11 is 0. The monoisotopic (exact) mass is 228 g/mol. The molecule has 1 fully saturated rings. The molecule has 1 aliphatic rings. The first kappa shape index (κ1) is 14.0. The Hall–Kier alpha value is -0.0551. The molecule has 0 spiro atoms. The minimum atomic E-state index is -1.03. The Labute approximate surface area is 99.7 Å². The van der Waals surface area contributed by atoms with Crippen molar-refractivity contribution in [2.24, 2.45) is 11.8 Å². The Morgan fingerprint density at radius 1 is 1.31 bits per heavy atom. The lowest BCUT2D eigenvalue weighted by molar-refractivity contribution is -0.0420. The third-order valence-electron chi connectivity index (χ3n) is 3.29. The predicted octanol–water partition coefficient (Wildman–Crippen LogP) is 2.62. The molecule has 3 atom stereocenters. The molecular formula is C12H25BO3. The van der Waals surface area contributed by atoms with Gasteiger partial charge in [0.2, 0.25) is 0 Å². The highest BCUT2D eigenvalue weighted by Crippen LogP contribution is 2.26. The lowest BCUT2D eigenvalue weighted by Crippen LogP contribution is -2.44. The average molecular weight is 228 g/mol. The third-order valence-corrected chi connectivity index (χ3v) is 3.29. The Morgan fingerprint density at radius 3 is 2.56 bits per heavy atom. The van der Waals surface area contributed by atoms with Gasteiger partial charge in [-0.1, -0.05) is 40.5 Å². The highest BCUT2D eigenvalue weighted by Gasteiger charge is 2.35. The second-order valence-electron chi connectivity index (χ2n) is 5.35. The highest BCUT2D eigenvalue weighted by atomic mass is 16.7. The minimum Gasteiger partial charge on any atom is -0.402 e. The van der Waals surface area contributed by atoms with E-state index in [1.165, 1.54) is 12.8 Å². The quantitative estimate of drug-likeness (QED) is 0.735. The summed E-state index contributed by atoms with van der Waals surface area (Å²) in [4.78, 5) is 0. The first-order chi connectivity index (χ1) is 7.52. The maximum absolute atomic E-state index is 9.50. The second-order valence-corrected chi connectivity index (χ2v) is 5.35. The molecule has 94 valence electrons. The molecule has 4 heteroatoms. The largest absolute Gasteiger partial charge is 0.637 e.